The smallest absolute Gasteiger partial charge is 0.178 e. The average molecular weight is 266 g/mol. The topological polar surface area (TPSA) is 33.2 Å². The van der Waals surface area contributed by atoms with Gasteiger partial charge in [0, 0.05) is 38.7 Å². The van der Waals surface area contributed by atoms with E-state index in [0.717, 1.165) is 31.7 Å². The van der Waals surface area contributed by atoms with Crippen molar-refractivity contribution in [1.82, 2.24) is 9.88 Å². The third kappa shape index (κ3) is 2.78. The minimum atomic E-state index is 0.0412. The summed E-state index contributed by atoms with van der Waals surface area (Å²) in [5, 5.41) is 0. The van der Waals surface area contributed by atoms with Gasteiger partial charge in [-0.25, -0.2) is 4.98 Å². The van der Waals surface area contributed by atoms with E-state index in [2.05, 4.69) is 40.2 Å². The van der Waals surface area contributed by atoms with Crippen LogP contribution in [0.25, 0.3) is 0 Å². The highest BCUT2D eigenvalue weighted by Gasteiger charge is 2.18. The molecule has 0 saturated heterocycles. The second-order valence-electron chi connectivity index (χ2n) is 5.30. The van der Waals surface area contributed by atoms with E-state index in [9.17, 15) is 4.79 Å². The molecule has 0 unspecified atom stereocenters. The molecule has 3 heteroatoms. The molecule has 0 amide bonds. The zero-order valence-electron chi connectivity index (χ0n) is 11.7. The summed E-state index contributed by atoms with van der Waals surface area (Å²) in [5.74, 6) is 0.0412. The summed E-state index contributed by atoms with van der Waals surface area (Å²) in [6.07, 6.45) is 0.920. The van der Waals surface area contributed by atoms with Gasteiger partial charge in [-0.05, 0) is 17.2 Å². The summed E-state index contributed by atoms with van der Waals surface area (Å²) in [4.78, 5) is 18.3. The Balaban J connectivity index is 1.74. The van der Waals surface area contributed by atoms with Gasteiger partial charge in [-0.2, -0.15) is 0 Å². The maximum absolute atomic E-state index is 11.4. The molecule has 0 N–H and O–H groups in total. The van der Waals surface area contributed by atoms with E-state index in [1.807, 2.05) is 12.1 Å². The van der Waals surface area contributed by atoms with Gasteiger partial charge in [0.15, 0.2) is 5.78 Å². The summed E-state index contributed by atoms with van der Waals surface area (Å²) >= 11 is 0. The molecule has 20 heavy (non-hydrogen) atoms. The normalized spacial score (nSPS) is 14.8. The number of ketones is 1. The molecule has 3 nitrogen and oxygen atoms in total. The lowest BCUT2D eigenvalue weighted by molar-refractivity contribution is 0.101. The van der Waals surface area contributed by atoms with Gasteiger partial charge in [-0.3, -0.25) is 9.69 Å². The van der Waals surface area contributed by atoms with Gasteiger partial charge in [0.2, 0.25) is 0 Å². The lowest BCUT2D eigenvalue weighted by Crippen LogP contribution is -2.30. The maximum Gasteiger partial charge on any atom is 0.178 e. The summed E-state index contributed by atoms with van der Waals surface area (Å²) in [6.45, 7) is 4.44. The Labute approximate surface area is 119 Å². The van der Waals surface area contributed by atoms with Crippen LogP contribution >= 0.6 is 0 Å². The number of rotatable bonds is 3. The number of aromatic nitrogens is 1. The molecule has 102 valence electrons. The van der Waals surface area contributed by atoms with Gasteiger partial charge >= 0.3 is 0 Å². The Hall–Kier alpha value is -2.00. The Bertz CT molecular complexity index is 622. The number of nitrogens with zero attached hydrogens (tertiary/aromatic N) is 2. The summed E-state index contributed by atoms with van der Waals surface area (Å²) in [6, 6.07) is 14.4. The van der Waals surface area contributed by atoms with Crippen molar-refractivity contribution in [1.29, 1.82) is 0 Å². The maximum atomic E-state index is 11.4. The van der Waals surface area contributed by atoms with Crippen LogP contribution in [0.15, 0.2) is 42.5 Å². The molecule has 0 aliphatic carbocycles. The molecule has 1 aromatic heterocycles. The highest BCUT2D eigenvalue weighted by Crippen LogP contribution is 2.19. The van der Waals surface area contributed by atoms with Crippen molar-refractivity contribution in [2.24, 2.45) is 0 Å². The fraction of sp³-hybridized carbons (Fsp3) is 0.294. The van der Waals surface area contributed by atoms with E-state index in [1.54, 1.807) is 6.92 Å². The second-order valence-corrected chi connectivity index (χ2v) is 5.30. The molecule has 0 spiro atoms. The molecule has 0 saturated carbocycles. The van der Waals surface area contributed by atoms with Crippen molar-refractivity contribution in [3.63, 3.8) is 0 Å². The molecule has 1 aromatic carbocycles. The molecule has 0 bridgehead atoms. The largest absolute Gasteiger partial charge is 0.294 e. The van der Waals surface area contributed by atoms with Crippen molar-refractivity contribution < 1.29 is 4.79 Å². The van der Waals surface area contributed by atoms with E-state index >= 15 is 0 Å². The number of carbonyl (C=O) groups excluding carboxylic acids is 1. The first-order valence-electron chi connectivity index (χ1n) is 6.98. The third-order valence-corrected chi connectivity index (χ3v) is 3.74. The standard InChI is InChI=1S/C17H18N2O/c1-13(20)16-8-7-15-12-19(10-9-17(15)18-16)11-14-5-3-2-4-6-14/h2-8H,9-12H2,1H3. The lowest BCUT2D eigenvalue weighted by atomic mass is 10.0. The van der Waals surface area contributed by atoms with Gasteiger partial charge < -0.3 is 0 Å². The highest BCUT2D eigenvalue weighted by atomic mass is 16.1. The van der Waals surface area contributed by atoms with Gasteiger partial charge in [0.1, 0.15) is 5.69 Å². The molecule has 2 aromatic rings. The first kappa shape index (κ1) is 13.0. The number of fused-ring (bicyclic) bond motifs is 1. The average Bonchev–Trinajstić information content (AvgIpc) is 2.47. The second kappa shape index (κ2) is 5.55. The van der Waals surface area contributed by atoms with Crippen LogP contribution in [0.3, 0.4) is 0 Å². The quantitative estimate of drug-likeness (QED) is 0.801. The first-order chi connectivity index (χ1) is 9.72. The summed E-state index contributed by atoms with van der Waals surface area (Å²) in [7, 11) is 0. The lowest BCUT2D eigenvalue weighted by Gasteiger charge is -2.28. The zero-order valence-corrected chi connectivity index (χ0v) is 11.7. The van der Waals surface area contributed by atoms with Crippen molar-refractivity contribution in [3.8, 4) is 0 Å². The minimum Gasteiger partial charge on any atom is -0.294 e. The van der Waals surface area contributed by atoms with Gasteiger partial charge in [-0.1, -0.05) is 36.4 Å². The molecule has 0 atom stereocenters. The van der Waals surface area contributed by atoms with Crippen molar-refractivity contribution >= 4 is 5.78 Å². The van der Waals surface area contributed by atoms with Gasteiger partial charge in [0.05, 0.1) is 0 Å². The molecule has 1 aliphatic heterocycles. The van der Waals surface area contributed by atoms with E-state index in [4.69, 9.17) is 0 Å². The van der Waals surface area contributed by atoms with Crippen molar-refractivity contribution in [2.75, 3.05) is 6.54 Å². The van der Waals surface area contributed by atoms with E-state index in [0.29, 0.717) is 5.69 Å². The Morgan fingerprint density at radius 3 is 2.75 bits per heavy atom. The highest BCUT2D eigenvalue weighted by molar-refractivity contribution is 5.92. The monoisotopic (exact) mass is 266 g/mol. The zero-order chi connectivity index (χ0) is 13.9. The molecule has 0 fully saturated rings. The molecule has 3 rings (SSSR count). The van der Waals surface area contributed by atoms with Gasteiger partial charge in [0.25, 0.3) is 0 Å². The van der Waals surface area contributed by atoms with Crippen LogP contribution < -0.4 is 0 Å². The van der Waals surface area contributed by atoms with Crippen LogP contribution in [-0.4, -0.2) is 22.2 Å². The third-order valence-electron chi connectivity index (χ3n) is 3.74. The number of benzene rings is 1. The van der Waals surface area contributed by atoms with Crippen LogP contribution in [0.2, 0.25) is 0 Å². The van der Waals surface area contributed by atoms with Crippen molar-refractivity contribution in [2.45, 2.75) is 26.4 Å². The fourth-order valence-electron chi connectivity index (χ4n) is 2.65. The fourth-order valence-corrected chi connectivity index (χ4v) is 2.65. The van der Waals surface area contributed by atoms with Crippen LogP contribution in [-0.2, 0) is 19.5 Å². The number of hydrogen-bond donors (Lipinski definition) is 0. The van der Waals surface area contributed by atoms with Crippen LogP contribution in [0.4, 0.5) is 0 Å². The number of hydrogen-bond acceptors (Lipinski definition) is 3. The van der Waals surface area contributed by atoms with Crippen LogP contribution in [0.1, 0.15) is 34.2 Å². The number of Topliss-reactive ketones (excluding diaryl/α,β-unsaturated/α-hetero) is 1. The predicted molar refractivity (Wildman–Crippen MR) is 78.5 cm³/mol. The minimum absolute atomic E-state index is 0.0412. The summed E-state index contributed by atoms with van der Waals surface area (Å²) in [5.41, 5.74) is 4.25. The number of pyridine rings is 1. The molecular weight excluding hydrogens is 248 g/mol. The van der Waals surface area contributed by atoms with Crippen molar-refractivity contribution in [3.05, 3.63) is 65.0 Å². The predicted octanol–water partition coefficient (Wildman–Crippen LogP) is 2.84. The van der Waals surface area contributed by atoms with E-state index in [1.165, 1.54) is 11.1 Å². The SMILES string of the molecule is CC(=O)c1ccc2c(n1)CCN(Cc1ccccc1)C2. The Morgan fingerprint density at radius 2 is 2.00 bits per heavy atom. The van der Waals surface area contributed by atoms with Gasteiger partial charge in [-0.15, -0.1) is 0 Å². The van der Waals surface area contributed by atoms with E-state index in [-0.39, 0.29) is 5.78 Å². The molecule has 1 aliphatic rings. The van der Waals surface area contributed by atoms with E-state index < -0.39 is 0 Å². The van der Waals surface area contributed by atoms with Crippen LogP contribution in [0, 0.1) is 0 Å². The molecule has 0 radical (unpaired) electrons. The molecule has 2 heterocycles. The summed E-state index contributed by atoms with van der Waals surface area (Å²) < 4.78 is 0. The number of carbonyl (C=O) groups is 1. The van der Waals surface area contributed by atoms with Crippen LogP contribution in [0.5, 0.6) is 0 Å². The first-order valence-corrected chi connectivity index (χ1v) is 6.98. The Morgan fingerprint density at radius 1 is 1.20 bits per heavy atom. The Kier molecular flexibility index (Phi) is 3.61. The molecular formula is C17H18N2O.